The second kappa shape index (κ2) is 6.90. The van der Waals surface area contributed by atoms with Gasteiger partial charge in [0.05, 0.1) is 5.56 Å². The van der Waals surface area contributed by atoms with Crippen LogP contribution in [0.25, 0.3) is 0 Å². The summed E-state index contributed by atoms with van der Waals surface area (Å²) in [6.07, 6.45) is 1.71. The Kier molecular flexibility index (Phi) is 5.20. The van der Waals surface area contributed by atoms with E-state index in [4.69, 9.17) is 0 Å². The molecular weight excluding hydrogens is 336 g/mol. The van der Waals surface area contributed by atoms with Crippen LogP contribution in [0.5, 0.6) is 0 Å². The summed E-state index contributed by atoms with van der Waals surface area (Å²) in [6.45, 7) is 2.63. The molecule has 2 rings (SSSR count). The molecule has 5 heteroatoms. The Hall–Kier alpha value is -1.33. The summed E-state index contributed by atoms with van der Waals surface area (Å²) in [5.41, 5.74) is 0.643. The van der Waals surface area contributed by atoms with E-state index in [2.05, 4.69) is 20.9 Å². The van der Waals surface area contributed by atoms with Gasteiger partial charge in [0.1, 0.15) is 5.03 Å². The summed E-state index contributed by atoms with van der Waals surface area (Å²) in [5, 5.41) is 0.736. The molecule has 0 saturated carbocycles. The van der Waals surface area contributed by atoms with Gasteiger partial charge in [0.2, 0.25) is 0 Å². The van der Waals surface area contributed by atoms with E-state index < -0.39 is 0 Å². The second-order valence-corrected chi connectivity index (χ2v) is 6.21. The van der Waals surface area contributed by atoms with Crippen molar-refractivity contribution in [2.75, 3.05) is 13.6 Å². The zero-order chi connectivity index (χ0) is 14.5. The number of hydrogen-bond acceptors (Lipinski definition) is 3. The van der Waals surface area contributed by atoms with E-state index in [0.29, 0.717) is 12.1 Å². The number of hydrogen-bond donors (Lipinski definition) is 0. The average molecular weight is 351 g/mol. The first-order valence-electron chi connectivity index (χ1n) is 6.25. The first-order valence-corrected chi connectivity index (χ1v) is 7.86. The van der Waals surface area contributed by atoms with Crippen molar-refractivity contribution in [3.8, 4) is 0 Å². The molecule has 0 bridgehead atoms. The summed E-state index contributed by atoms with van der Waals surface area (Å²) in [5.74, 6) is 0.000196. The Bertz CT molecular complexity index is 601. The molecule has 1 aromatic heterocycles. The molecule has 1 aromatic carbocycles. The number of amides is 1. The lowest BCUT2D eigenvalue weighted by atomic mass is 10.2. The number of carbonyl (C=O) groups is 1. The quantitative estimate of drug-likeness (QED) is 0.832. The van der Waals surface area contributed by atoms with E-state index >= 15 is 0 Å². The summed E-state index contributed by atoms with van der Waals surface area (Å²) in [7, 11) is 1.80. The van der Waals surface area contributed by atoms with Gasteiger partial charge < -0.3 is 4.90 Å². The lowest BCUT2D eigenvalue weighted by molar-refractivity contribution is 0.0798. The first kappa shape index (κ1) is 15.1. The van der Waals surface area contributed by atoms with Crippen LogP contribution in [0.1, 0.15) is 17.3 Å². The Labute approximate surface area is 131 Å². The van der Waals surface area contributed by atoms with Gasteiger partial charge in [-0.3, -0.25) is 4.79 Å². The van der Waals surface area contributed by atoms with E-state index in [1.165, 1.54) is 11.8 Å². The smallest absolute Gasteiger partial charge is 0.256 e. The van der Waals surface area contributed by atoms with Crippen molar-refractivity contribution < 1.29 is 4.79 Å². The number of halogens is 1. The standard InChI is InChI=1S/C15H15BrN2OS/c1-3-18(2)15(19)13-5-4-10-17-14(13)20-12-8-6-11(16)7-9-12/h4-10H,3H2,1-2H3. The van der Waals surface area contributed by atoms with E-state index in [-0.39, 0.29) is 5.91 Å². The molecule has 0 unspecified atom stereocenters. The van der Waals surface area contributed by atoms with Crippen LogP contribution in [0.15, 0.2) is 57.0 Å². The fourth-order valence-electron chi connectivity index (χ4n) is 1.60. The van der Waals surface area contributed by atoms with Crippen LogP contribution < -0.4 is 0 Å². The highest BCUT2D eigenvalue weighted by Crippen LogP contribution is 2.29. The van der Waals surface area contributed by atoms with Gasteiger partial charge >= 0.3 is 0 Å². The number of nitrogens with zero attached hydrogens (tertiary/aromatic N) is 2. The number of benzene rings is 1. The van der Waals surface area contributed by atoms with Crippen LogP contribution in [-0.2, 0) is 0 Å². The van der Waals surface area contributed by atoms with Crippen LogP contribution in [-0.4, -0.2) is 29.4 Å². The third-order valence-electron chi connectivity index (χ3n) is 2.85. The SMILES string of the molecule is CCN(C)C(=O)c1cccnc1Sc1ccc(Br)cc1. The summed E-state index contributed by atoms with van der Waals surface area (Å²) in [6, 6.07) is 11.6. The molecule has 104 valence electrons. The number of pyridine rings is 1. The molecule has 1 heterocycles. The maximum Gasteiger partial charge on any atom is 0.256 e. The molecule has 0 N–H and O–H groups in total. The molecule has 0 fully saturated rings. The Balaban J connectivity index is 2.28. The van der Waals surface area contributed by atoms with E-state index in [9.17, 15) is 4.79 Å². The van der Waals surface area contributed by atoms with E-state index in [0.717, 1.165) is 14.4 Å². The second-order valence-electron chi connectivity index (χ2n) is 4.23. The number of aromatic nitrogens is 1. The maximum atomic E-state index is 12.3. The predicted octanol–water partition coefficient (Wildman–Crippen LogP) is 4.09. The topological polar surface area (TPSA) is 33.2 Å². The van der Waals surface area contributed by atoms with E-state index in [1.54, 1.807) is 24.2 Å². The molecule has 0 atom stereocenters. The van der Waals surface area contributed by atoms with Crippen LogP contribution in [0.3, 0.4) is 0 Å². The largest absolute Gasteiger partial charge is 0.342 e. The molecule has 0 saturated heterocycles. The predicted molar refractivity (Wildman–Crippen MR) is 85.1 cm³/mol. The normalized spacial score (nSPS) is 10.3. The zero-order valence-electron chi connectivity index (χ0n) is 11.3. The highest BCUT2D eigenvalue weighted by Gasteiger charge is 2.16. The first-order chi connectivity index (χ1) is 9.61. The molecule has 0 aliphatic carbocycles. The van der Waals surface area contributed by atoms with Crippen LogP contribution in [0.4, 0.5) is 0 Å². The van der Waals surface area contributed by atoms with Gasteiger partial charge in [0.15, 0.2) is 0 Å². The Morgan fingerprint density at radius 3 is 2.65 bits per heavy atom. The molecule has 2 aromatic rings. The van der Waals surface area contributed by atoms with Crippen molar-refractivity contribution in [2.45, 2.75) is 16.8 Å². The summed E-state index contributed by atoms with van der Waals surface area (Å²) in [4.78, 5) is 19.4. The van der Waals surface area contributed by atoms with Crippen molar-refractivity contribution in [3.63, 3.8) is 0 Å². The lowest BCUT2D eigenvalue weighted by Crippen LogP contribution is -2.26. The summed E-state index contributed by atoms with van der Waals surface area (Å²) >= 11 is 4.91. The minimum Gasteiger partial charge on any atom is -0.342 e. The van der Waals surface area contributed by atoms with Gasteiger partial charge in [-0.15, -0.1) is 0 Å². The molecule has 0 spiro atoms. The Morgan fingerprint density at radius 2 is 2.00 bits per heavy atom. The molecule has 0 aliphatic heterocycles. The van der Waals surface area contributed by atoms with Crippen LogP contribution >= 0.6 is 27.7 Å². The van der Waals surface area contributed by atoms with Crippen molar-refractivity contribution in [3.05, 3.63) is 52.6 Å². The Morgan fingerprint density at radius 1 is 1.30 bits per heavy atom. The van der Waals surface area contributed by atoms with Crippen LogP contribution in [0, 0.1) is 0 Å². The van der Waals surface area contributed by atoms with E-state index in [1.807, 2.05) is 37.3 Å². The van der Waals surface area contributed by atoms with Crippen molar-refractivity contribution in [1.29, 1.82) is 0 Å². The van der Waals surface area contributed by atoms with Gasteiger partial charge in [0, 0.05) is 29.2 Å². The average Bonchev–Trinajstić information content (AvgIpc) is 2.48. The highest BCUT2D eigenvalue weighted by atomic mass is 79.9. The van der Waals surface area contributed by atoms with Gasteiger partial charge in [-0.2, -0.15) is 0 Å². The molecule has 0 aliphatic rings. The minimum atomic E-state index is 0.000196. The van der Waals surface area contributed by atoms with Gasteiger partial charge in [0.25, 0.3) is 5.91 Å². The molecule has 0 radical (unpaired) electrons. The fourth-order valence-corrected chi connectivity index (χ4v) is 2.74. The third kappa shape index (κ3) is 3.61. The van der Waals surface area contributed by atoms with Crippen molar-refractivity contribution >= 4 is 33.6 Å². The molecular formula is C15H15BrN2OS. The van der Waals surface area contributed by atoms with Crippen LogP contribution in [0.2, 0.25) is 0 Å². The molecule has 20 heavy (non-hydrogen) atoms. The number of carbonyl (C=O) groups excluding carboxylic acids is 1. The van der Waals surface area contributed by atoms with Gasteiger partial charge in [-0.25, -0.2) is 4.98 Å². The fraction of sp³-hybridized carbons (Fsp3) is 0.200. The number of rotatable bonds is 4. The van der Waals surface area contributed by atoms with Gasteiger partial charge in [-0.05, 0) is 43.3 Å². The monoisotopic (exact) mass is 350 g/mol. The highest BCUT2D eigenvalue weighted by molar-refractivity contribution is 9.10. The molecule has 1 amide bonds. The lowest BCUT2D eigenvalue weighted by Gasteiger charge is -2.16. The molecule has 3 nitrogen and oxygen atoms in total. The maximum absolute atomic E-state index is 12.3. The van der Waals surface area contributed by atoms with Gasteiger partial charge in [-0.1, -0.05) is 27.7 Å². The zero-order valence-corrected chi connectivity index (χ0v) is 13.7. The van der Waals surface area contributed by atoms with Crippen molar-refractivity contribution in [1.82, 2.24) is 9.88 Å². The van der Waals surface area contributed by atoms with Crippen molar-refractivity contribution in [2.24, 2.45) is 0 Å². The summed E-state index contributed by atoms with van der Waals surface area (Å²) < 4.78 is 1.03. The minimum absolute atomic E-state index is 0.000196. The third-order valence-corrected chi connectivity index (χ3v) is 4.41.